The maximum atomic E-state index is 12.4. The SMILES string of the molecule is CCC(Oc1ccccc1)C(=O)Nc1ccc(OC)cc1[N+](=O)[O-]. The van der Waals surface area contributed by atoms with Gasteiger partial charge in [0, 0.05) is 0 Å². The van der Waals surface area contributed by atoms with E-state index in [1.807, 2.05) is 6.07 Å². The molecule has 1 amide bonds. The first-order chi connectivity index (χ1) is 11.5. The number of carbonyl (C=O) groups excluding carboxylic acids is 1. The van der Waals surface area contributed by atoms with Crippen molar-refractivity contribution in [3.05, 3.63) is 58.6 Å². The molecule has 2 aromatic rings. The van der Waals surface area contributed by atoms with Gasteiger partial charge in [-0.25, -0.2) is 0 Å². The molecule has 126 valence electrons. The van der Waals surface area contributed by atoms with E-state index in [9.17, 15) is 14.9 Å². The zero-order chi connectivity index (χ0) is 17.5. The Morgan fingerprint density at radius 3 is 2.50 bits per heavy atom. The zero-order valence-corrected chi connectivity index (χ0v) is 13.4. The van der Waals surface area contributed by atoms with Crippen molar-refractivity contribution < 1.29 is 19.2 Å². The summed E-state index contributed by atoms with van der Waals surface area (Å²) in [6.45, 7) is 1.80. The predicted octanol–water partition coefficient (Wildman–Crippen LogP) is 3.40. The minimum atomic E-state index is -0.755. The first kappa shape index (κ1) is 17.3. The Kier molecular flexibility index (Phi) is 5.73. The molecular formula is C17H18N2O5. The Bertz CT molecular complexity index is 718. The van der Waals surface area contributed by atoms with Crippen LogP contribution in [-0.4, -0.2) is 24.0 Å². The number of hydrogen-bond donors (Lipinski definition) is 1. The number of methoxy groups -OCH3 is 1. The summed E-state index contributed by atoms with van der Waals surface area (Å²) in [5.74, 6) is 0.450. The number of rotatable bonds is 7. The smallest absolute Gasteiger partial charge is 0.296 e. The Labute approximate surface area is 139 Å². The van der Waals surface area contributed by atoms with Crippen molar-refractivity contribution in [1.29, 1.82) is 0 Å². The van der Waals surface area contributed by atoms with Gasteiger partial charge in [-0.05, 0) is 30.7 Å². The highest BCUT2D eigenvalue weighted by Crippen LogP contribution is 2.29. The number of nitrogens with zero attached hydrogens (tertiary/aromatic N) is 1. The first-order valence-corrected chi connectivity index (χ1v) is 7.40. The fourth-order valence-electron chi connectivity index (χ4n) is 2.09. The number of nitro groups is 1. The van der Waals surface area contributed by atoms with Crippen molar-refractivity contribution in [2.75, 3.05) is 12.4 Å². The molecule has 0 bridgehead atoms. The molecule has 0 saturated carbocycles. The second kappa shape index (κ2) is 7.96. The largest absolute Gasteiger partial charge is 0.496 e. The van der Waals surface area contributed by atoms with Crippen LogP contribution in [0.1, 0.15) is 13.3 Å². The minimum Gasteiger partial charge on any atom is -0.496 e. The summed E-state index contributed by atoms with van der Waals surface area (Å²) in [5, 5.41) is 13.7. The van der Waals surface area contributed by atoms with Crippen LogP contribution in [0.15, 0.2) is 48.5 Å². The zero-order valence-electron chi connectivity index (χ0n) is 13.4. The topological polar surface area (TPSA) is 90.7 Å². The van der Waals surface area contributed by atoms with E-state index in [4.69, 9.17) is 9.47 Å². The van der Waals surface area contributed by atoms with Crippen LogP contribution in [0.5, 0.6) is 11.5 Å². The van der Waals surface area contributed by atoms with Crippen LogP contribution in [0.25, 0.3) is 0 Å². The molecule has 1 N–H and O–H groups in total. The fraction of sp³-hybridized carbons (Fsp3) is 0.235. The van der Waals surface area contributed by atoms with Crippen LogP contribution in [0.4, 0.5) is 11.4 Å². The number of para-hydroxylation sites is 1. The van der Waals surface area contributed by atoms with E-state index in [0.717, 1.165) is 0 Å². The third kappa shape index (κ3) is 4.22. The van der Waals surface area contributed by atoms with Gasteiger partial charge in [-0.2, -0.15) is 0 Å². The van der Waals surface area contributed by atoms with Gasteiger partial charge in [0.05, 0.1) is 18.1 Å². The van der Waals surface area contributed by atoms with Crippen molar-refractivity contribution in [3.63, 3.8) is 0 Å². The standard InChI is InChI=1S/C17H18N2O5/c1-3-16(24-12-7-5-4-6-8-12)17(20)18-14-10-9-13(23-2)11-15(14)19(21)22/h4-11,16H,3H2,1-2H3,(H,18,20). The number of nitro benzene ring substituents is 1. The summed E-state index contributed by atoms with van der Waals surface area (Å²) in [4.78, 5) is 23.0. The molecule has 1 atom stereocenters. The molecule has 0 aliphatic heterocycles. The molecule has 0 heterocycles. The van der Waals surface area contributed by atoms with Crippen LogP contribution in [-0.2, 0) is 4.79 Å². The van der Waals surface area contributed by atoms with Gasteiger partial charge in [0.1, 0.15) is 17.2 Å². The number of carbonyl (C=O) groups is 1. The summed E-state index contributed by atoms with van der Waals surface area (Å²) >= 11 is 0. The first-order valence-electron chi connectivity index (χ1n) is 7.40. The second-order valence-corrected chi connectivity index (χ2v) is 4.96. The van der Waals surface area contributed by atoms with Gasteiger partial charge in [0.25, 0.3) is 11.6 Å². The van der Waals surface area contributed by atoms with Gasteiger partial charge in [0.2, 0.25) is 0 Å². The number of amides is 1. The third-order valence-electron chi connectivity index (χ3n) is 3.34. The molecular weight excluding hydrogens is 312 g/mol. The molecule has 0 saturated heterocycles. The van der Waals surface area contributed by atoms with Gasteiger partial charge in [-0.1, -0.05) is 25.1 Å². The molecule has 0 radical (unpaired) electrons. The number of nitrogens with one attached hydrogen (secondary N) is 1. The highest BCUT2D eigenvalue weighted by atomic mass is 16.6. The molecule has 1 unspecified atom stereocenters. The predicted molar refractivity (Wildman–Crippen MR) is 89.4 cm³/mol. The molecule has 7 nitrogen and oxygen atoms in total. The van der Waals surface area contributed by atoms with E-state index < -0.39 is 16.9 Å². The Morgan fingerprint density at radius 2 is 1.92 bits per heavy atom. The van der Waals surface area contributed by atoms with Crippen LogP contribution in [0.2, 0.25) is 0 Å². The molecule has 2 aromatic carbocycles. The average molecular weight is 330 g/mol. The van der Waals surface area contributed by atoms with Crippen molar-refractivity contribution in [2.45, 2.75) is 19.4 Å². The lowest BCUT2D eigenvalue weighted by atomic mass is 10.2. The van der Waals surface area contributed by atoms with E-state index in [1.54, 1.807) is 37.3 Å². The maximum Gasteiger partial charge on any atom is 0.296 e. The van der Waals surface area contributed by atoms with Crippen molar-refractivity contribution in [1.82, 2.24) is 0 Å². The van der Waals surface area contributed by atoms with Gasteiger partial charge in [-0.3, -0.25) is 14.9 Å². The highest BCUT2D eigenvalue weighted by molar-refractivity contribution is 5.96. The van der Waals surface area contributed by atoms with Crippen LogP contribution in [0.3, 0.4) is 0 Å². The number of benzene rings is 2. The van der Waals surface area contributed by atoms with E-state index >= 15 is 0 Å². The molecule has 0 aromatic heterocycles. The normalized spacial score (nSPS) is 11.4. The average Bonchev–Trinajstić information content (AvgIpc) is 2.60. The molecule has 2 rings (SSSR count). The van der Waals surface area contributed by atoms with Gasteiger partial charge in [0.15, 0.2) is 6.10 Å². The molecule has 0 spiro atoms. The van der Waals surface area contributed by atoms with Gasteiger partial charge < -0.3 is 14.8 Å². The third-order valence-corrected chi connectivity index (χ3v) is 3.34. The molecule has 24 heavy (non-hydrogen) atoms. The lowest BCUT2D eigenvalue weighted by molar-refractivity contribution is -0.384. The fourth-order valence-corrected chi connectivity index (χ4v) is 2.09. The Balaban J connectivity index is 2.16. The Hall–Kier alpha value is -3.09. The molecule has 7 heteroatoms. The van der Waals surface area contributed by atoms with Crippen LogP contribution < -0.4 is 14.8 Å². The van der Waals surface area contributed by atoms with E-state index in [0.29, 0.717) is 17.9 Å². The van der Waals surface area contributed by atoms with Crippen molar-refractivity contribution in [2.24, 2.45) is 0 Å². The monoisotopic (exact) mass is 330 g/mol. The minimum absolute atomic E-state index is 0.0981. The summed E-state index contributed by atoms with van der Waals surface area (Å²) in [7, 11) is 1.41. The second-order valence-electron chi connectivity index (χ2n) is 4.96. The van der Waals surface area contributed by atoms with Crippen molar-refractivity contribution in [3.8, 4) is 11.5 Å². The number of hydrogen-bond acceptors (Lipinski definition) is 5. The quantitative estimate of drug-likeness (QED) is 0.620. The lowest BCUT2D eigenvalue weighted by Gasteiger charge is -2.17. The summed E-state index contributed by atoms with van der Waals surface area (Å²) < 4.78 is 10.6. The molecule has 0 fully saturated rings. The van der Waals surface area contributed by atoms with Crippen LogP contribution >= 0.6 is 0 Å². The van der Waals surface area contributed by atoms with E-state index in [1.165, 1.54) is 19.2 Å². The molecule has 0 aliphatic rings. The van der Waals surface area contributed by atoms with Crippen LogP contribution in [0, 0.1) is 10.1 Å². The highest BCUT2D eigenvalue weighted by Gasteiger charge is 2.23. The summed E-state index contributed by atoms with van der Waals surface area (Å²) in [6.07, 6.45) is -0.334. The van der Waals surface area contributed by atoms with E-state index in [-0.39, 0.29) is 11.4 Å². The van der Waals surface area contributed by atoms with Crippen molar-refractivity contribution >= 4 is 17.3 Å². The molecule has 0 aliphatic carbocycles. The lowest BCUT2D eigenvalue weighted by Crippen LogP contribution is -2.32. The summed E-state index contributed by atoms with van der Waals surface area (Å²) in [5.41, 5.74) is -0.141. The van der Waals surface area contributed by atoms with E-state index in [2.05, 4.69) is 5.32 Å². The Morgan fingerprint density at radius 1 is 1.21 bits per heavy atom. The van der Waals surface area contributed by atoms with Gasteiger partial charge in [-0.15, -0.1) is 0 Å². The van der Waals surface area contributed by atoms with Gasteiger partial charge >= 0.3 is 0 Å². The number of anilines is 1. The maximum absolute atomic E-state index is 12.4. The number of ether oxygens (including phenoxy) is 2. The summed E-state index contributed by atoms with van der Waals surface area (Å²) in [6, 6.07) is 13.2.